The Morgan fingerprint density at radius 2 is 2.06 bits per heavy atom. The van der Waals surface area contributed by atoms with E-state index in [0.29, 0.717) is 34.7 Å². The van der Waals surface area contributed by atoms with Gasteiger partial charge in [0.2, 0.25) is 17.8 Å². The fraction of sp³-hybridized carbons (Fsp3) is 0.364. The summed E-state index contributed by atoms with van der Waals surface area (Å²) in [6.45, 7) is 0. The molecule has 0 spiro atoms. The lowest BCUT2D eigenvalue weighted by Gasteiger charge is -2.25. The molecule has 1 unspecified atom stereocenters. The van der Waals surface area contributed by atoms with E-state index >= 15 is 0 Å². The Kier molecular flexibility index (Phi) is 4.37. The first kappa shape index (κ1) is 18.9. The molecule has 32 heavy (non-hydrogen) atoms. The van der Waals surface area contributed by atoms with Crippen LogP contribution in [0.4, 0.5) is 11.9 Å². The number of hydrogen-bond donors (Lipinski definition) is 3. The van der Waals surface area contributed by atoms with E-state index in [1.165, 1.54) is 5.56 Å². The van der Waals surface area contributed by atoms with E-state index in [1.807, 2.05) is 12.3 Å². The molecule has 1 saturated heterocycles. The van der Waals surface area contributed by atoms with Crippen LogP contribution in [0, 0.1) is 0 Å². The first-order valence-electron chi connectivity index (χ1n) is 10.9. The Hall–Kier alpha value is -3.82. The van der Waals surface area contributed by atoms with E-state index in [0.717, 1.165) is 37.8 Å². The molecule has 1 saturated carbocycles. The van der Waals surface area contributed by atoms with Crippen molar-refractivity contribution in [1.29, 1.82) is 0 Å². The van der Waals surface area contributed by atoms with Crippen LogP contribution in [-0.2, 0) is 16.0 Å². The van der Waals surface area contributed by atoms with Gasteiger partial charge in [-0.15, -0.1) is 0 Å². The van der Waals surface area contributed by atoms with Crippen LogP contribution in [0.3, 0.4) is 0 Å². The number of fused-ring (bicyclic) bond motifs is 2. The highest BCUT2D eigenvalue weighted by Crippen LogP contribution is 2.32. The van der Waals surface area contributed by atoms with Crippen molar-refractivity contribution in [1.82, 2.24) is 29.9 Å². The molecule has 2 aliphatic carbocycles. The summed E-state index contributed by atoms with van der Waals surface area (Å²) in [6.07, 6.45) is 10.4. The number of aryl methyl sites for hydroxylation is 1. The molecule has 6 rings (SSSR count). The lowest BCUT2D eigenvalue weighted by molar-refractivity contribution is -0.124. The highest BCUT2D eigenvalue weighted by atomic mass is 16.2. The van der Waals surface area contributed by atoms with Crippen molar-refractivity contribution in [3.63, 3.8) is 0 Å². The predicted molar refractivity (Wildman–Crippen MR) is 117 cm³/mol. The van der Waals surface area contributed by atoms with Crippen LogP contribution in [0.2, 0.25) is 0 Å². The van der Waals surface area contributed by atoms with Gasteiger partial charge < -0.3 is 10.6 Å². The number of hydrogen-bond acceptors (Lipinski definition) is 8. The van der Waals surface area contributed by atoms with E-state index in [9.17, 15) is 9.59 Å². The Bertz CT molecular complexity index is 1280. The number of imide groups is 1. The van der Waals surface area contributed by atoms with Gasteiger partial charge in [0.25, 0.3) is 5.91 Å². The second-order valence-corrected chi connectivity index (χ2v) is 8.48. The molecule has 1 atom stereocenters. The molecular weight excluding hydrogens is 408 g/mol. The van der Waals surface area contributed by atoms with Gasteiger partial charge in [0.05, 0.1) is 18.7 Å². The number of carbonyl (C=O) groups is 2. The second kappa shape index (κ2) is 7.40. The van der Waals surface area contributed by atoms with Crippen LogP contribution < -0.4 is 16.0 Å². The predicted octanol–water partition coefficient (Wildman–Crippen LogP) is 2.01. The zero-order chi connectivity index (χ0) is 21.7. The first-order valence-corrected chi connectivity index (χ1v) is 10.9. The minimum Gasteiger partial charge on any atom is -0.351 e. The molecule has 3 aromatic rings. The van der Waals surface area contributed by atoms with Gasteiger partial charge in [0.15, 0.2) is 5.65 Å². The van der Waals surface area contributed by atoms with E-state index in [1.54, 1.807) is 16.8 Å². The summed E-state index contributed by atoms with van der Waals surface area (Å²) in [6, 6.07) is 4.51. The number of aromatic nitrogens is 5. The summed E-state index contributed by atoms with van der Waals surface area (Å²) in [5, 5.41) is 13.7. The largest absolute Gasteiger partial charge is 0.351 e. The molecule has 1 aliphatic heterocycles. The van der Waals surface area contributed by atoms with Gasteiger partial charge in [-0.3, -0.25) is 19.9 Å². The summed E-state index contributed by atoms with van der Waals surface area (Å²) in [5.41, 5.74) is 3.94. The van der Waals surface area contributed by atoms with Crippen LogP contribution in [-0.4, -0.2) is 42.4 Å². The fourth-order valence-electron chi connectivity index (χ4n) is 4.28. The topological polar surface area (TPSA) is 126 Å². The third-order valence-corrected chi connectivity index (χ3v) is 6.04. The Morgan fingerprint density at radius 1 is 1.16 bits per heavy atom. The molecular formula is C22H22N8O2. The molecule has 4 heterocycles. The highest BCUT2D eigenvalue weighted by Gasteiger charge is 2.27. The van der Waals surface area contributed by atoms with Gasteiger partial charge >= 0.3 is 0 Å². The van der Waals surface area contributed by atoms with Crippen LogP contribution >= 0.6 is 0 Å². The molecule has 10 nitrogen and oxygen atoms in total. The Labute approximate surface area is 183 Å². The summed E-state index contributed by atoms with van der Waals surface area (Å²) >= 11 is 0. The SMILES string of the molecule is O=C1C/C(=C\c2cnn3c(NC4CC4)nc(NC4CCCc5ncccc54)nc23)C(=O)N1. The second-order valence-electron chi connectivity index (χ2n) is 8.48. The number of nitrogens with one attached hydrogen (secondary N) is 3. The maximum Gasteiger partial charge on any atom is 0.254 e. The number of carbonyl (C=O) groups excluding carboxylic acids is 2. The van der Waals surface area contributed by atoms with Crippen molar-refractivity contribution >= 4 is 35.4 Å². The minimum atomic E-state index is -0.371. The molecule has 3 aliphatic rings. The van der Waals surface area contributed by atoms with Crippen molar-refractivity contribution in [2.24, 2.45) is 0 Å². The third-order valence-electron chi connectivity index (χ3n) is 6.04. The number of rotatable bonds is 5. The van der Waals surface area contributed by atoms with Crippen molar-refractivity contribution < 1.29 is 9.59 Å². The maximum atomic E-state index is 12.0. The van der Waals surface area contributed by atoms with E-state index in [2.05, 4.69) is 32.1 Å². The average molecular weight is 430 g/mol. The molecule has 162 valence electrons. The average Bonchev–Trinajstić information content (AvgIpc) is 3.42. The standard InChI is InChI=1S/C22H22N8O2/c31-18-10-12(20(32)27-18)9-13-11-24-30-19(13)28-21(29-22(30)25-14-6-7-14)26-17-5-1-4-16-15(17)3-2-8-23-16/h2-3,8-9,11,14,17H,1,4-7,10H2,(H,27,31,32)(H2,25,26,28,29)/b12-9+. The number of pyridine rings is 1. The smallest absolute Gasteiger partial charge is 0.254 e. The lowest BCUT2D eigenvalue weighted by atomic mass is 9.91. The van der Waals surface area contributed by atoms with Crippen molar-refractivity contribution in [3.8, 4) is 0 Å². The molecule has 10 heteroatoms. The molecule has 3 aromatic heterocycles. The van der Waals surface area contributed by atoms with Gasteiger partial charge in [-0.2, -0.15) is 19.6 Å². The fourth-order valence-corrected chi connectivity index (χ4v) is 4.28. The zero-order valence-corrected chi connectivity index (χ0v) is 17.3. The maximum absolute atomic E-state index is 12.0. The molecule has 2 fully saturated rings. The van der Waals surface area contributed by atoms with E-state index < -0.39 is 0 Å². The first-order chi connectivity index (χ1) is 15.6. The minimum absolute atomic E-state index is 0.0609. The van der Waals surface area contributed by atoms with Crippen LogP contribution in [0.15, 0.2) is 30.1 Å². The molecule has 0 aromatic carbocycles. The highest BCUT2D eigenvalue weighted by molar-refractivity contribution is 6.15. The lowest BCUT2D eigenvalue weighted by Crippen LogP contribution is -2.20. The van der Waals surface area contributed by atoms with E-state index in [4.69, 9.17) is 9.97 Å². The number of anilines is 2. The van der Waals surface area contributed by atoms with Gasteiger partial charge in [-0.1, -0.05) is 6.07 Å². The van der Waals surface area contributed by atoms with Crippen LogP contribution in [0.25, 0.3) is 11.7 Å². The van der Waals surface area contributed by atoms with Crippen LogP contribution in [0.5, 0.6) is 0 Å². The zero-order valence-electron chi connectivity index (χ0n) is 17.3. The Balaban J connectivity index is 1.40. The van der Waals surface area contributed by atoms with E-state index in [-0.39, 0.29) is 24.3 Å². The third kappa shape index (κ3) is 3.47. The van der Waals surface area contributed by atoms with Crippen LogP contribution in [0.1, 0.15) is 55.0 Å². The summed E-state index contributed by atoms with van der Waals surface area (Å²) < 4.78 is 1.65. The molecule has 3 N–H and O–H groups in total. The van der Waals surface area contributed by atoms with Gasteiger partial charge in [-0.25, -0.2) is 0 Å². The summed E-state index contributed by atoms with van der Waals surface area (Å²) in [5.74, 6) is 0.438. The quantitative estimate of drug-likeness (QED) is 0.415. The van der Waals surface area contributed by atoms with Crippen molar-refractivity contribution in [2.45, 2.75) is 50.6 Å². The molecule has 0 bridgehead atoms. The van der Waals surface area contributed by atoms with Crippen molar-refractivity contribution in [2.75, 3.05) is 10.6 Å². The molecule has 0 radical (unpaired) electrons. The van der Waals surface area contributed by atoms with Gasteiger partial charge in [0.1, 0.15) is 0 Å². The van der Waals surface area contributed by atoms with Gasteiger partial charge in [0, 0.05) is 29.1 Å². The molecule has 2 amide bonds. The van der Waals surface area contributed by atoms with Gasteiger partial charge in [-0.05, 0) is 49.8 Å². The Morgan fingerprint density at radius 3 is 2.88 bits per heavy atom. The number of amides is 2. The monoisotopic (exact) mass is 430 g/mol. The summed E-state index contributed by atoms with van der Waals surface area (Å²) in [4.78, 5) is 37.6. The van der Waals surface area contributed by atoms with Crippen molar-refractivity contribution in [3.05, 3.63) is 46.9 Å². The number of nitrogens with zero attached hydrogens (tertiary/aromatic N) is 5. The summed E-state index contributed by atoms with van der Waals surface area (Å²) in [7, 11) is 0. The normalized spacial score (nSPS) is 21.6.